The number of amides is 1. The molecule has 1 saturated heterocycles. The Balaban J connectivity index is 2.40. The van der Waals surface area contributed by atoms with Crippen molar-refractivity contribution in [3.05, 3.63) is 0 Å². The van der Waals surface area contributed by atoms with Crippen molar-refractivity contribution in [3.63, 3.8) is 0 Å². The summed E-state index contributed by atoms with van der Waals surface area (Å²) in [6.45, 7) is 9.45. The van der Waals surface area contributed by atoms with Crippen LogP contribution in [-0.2, 0) is 4.79 Å². The monoisotopic (exact) mass is 198 g/mol. The Morgan fingerprint density at radius 2 is 2.14 bits per heavy atom. The van der Waals surface area contributed by atoms with Gasteiger partial charge < -0.3 is 10.6 Å². The molecule has 0 radical (unpaired) electrons. The maximum absolute atomic E-state index is 11.7. The summed E-state index contributed by atoms with van der Waals surface area (Å²) in [5.41, 5.74) is 0.133. The molecule has 2 N–H and O–H groups in total. The van der Waals surface area contributed by atoms with Crippen LogP contribution < -0.4 is 10.6 Å². The molecule has 0 spiro atoms. The number of carbonyl (C=O) groups is 1. The van der Waals surface area contributed by atoms with Gasteiger partial charge in [0.25, 0.3) is 0 Å². The molecule has 1 heterocycles. The standard InChI is InChI=1S/C11H22N2O/c1-8(11(2,3)4)13-10(14)9-6-5-7-12-9/h8-9,12H,5-7H2,1-4H3,(H,13,14)/t8?,9-/m1/s1. The van der Waals surface area contributed by atoms with Crippen LogP contribution in [-0.4, -0.2) is 24.5 Å². The molecule has 0 aromatic carbocycles. The van der Waals surface area contributed by atoms with E-state index < -0.39 is 0 Å². The van der Waals surface area contributed by atoms with Crippen molar-refractivity contribution in [2.75, 3.05) is 6.54 Å². The van der Waals surface area contributed by atoms with E-state index >= 15 is 0 Å². The van der Waals surface area contributed by atoms with Crippen molar-refractivity contribution in [2.24, 2.45) is 5.41 Å². The zero-order chi connectivity index (χ0) is 10.8. The zero-order valence-corrected chi connectivity index (χ0v) is 9.68. The van der Waals surface area contributed by atoms with E-state index in [0.717, 1.165) is 19.4 Å². The van der Waals surface area contributed by atoms with E-state index in [1.54, 1.807) is 0 Å². The summed E-state index contributed by atoms with van der Waals surface area (Å²) < 4.78 is 0. The first-order valence-corrected chi connectivity index (χ1v) is 5.45. The zero-order valence-electron chi connectivity index (χ0n) is 9.68. The van der Waals surface area contributed by atoms with Crippen LogP contribution in [0.5, 0.6) is 0 Å². The molecule has 0 aromatic heterocycles. The van der Waals surface area contributed by atoms with Crippen LogP contribution in [0, 0.1) is 5.41 Å². The van der Waals surface area contributed by atoms with Gasteiger partial charge in [0.05, 0.1) is 6.04 Å². The third kappa shape index (κ3) is 2.98. The van der Waals surface area contributed by atoms with Crippen LogP contribution in [0.4, 0.5) is 0 Å². The van der Waals surface area contributed by atoms with Crippen LogP contribution in [0.1, 0.15) is 40.5 Å². The van der Waals surface area contributed by atoms with E-state index in [4.69, 9.17) is 0 Å². The second-order valence-electron chi connectivity index (χ2n) is 5.25. The van der Waals surface area contributed by atoms with Gasteiger partial charge in [-0.15, -0.1) is 0 Å². The minimum atomic E-state index is 0.0415. The highest BCUT2D eigenvalue weighted by atomic mass is 16.2. The minimum absolute atomic E-state index is 0.0415. The van der Waals surface area contributed by atoms with Gasteiger partial charge in [-0.25, -0.2) is 0 Å². The molecule has 0 bridgehead atoms. The first-order chi connectivity index (χ1) is 6.41. The normalized spacial score (nSPS) is 24.7. The molecule has 1 amide bonds. The van der Waals surface area contributed by atoms with E-state index in [2.05, 4.69) is 38.3 Å². The predicted octanol–water partition coefficient (Wildman–Crippen LogP) is 1.29. The molecule has 1 aliphatic heterocycles. The first kappa shape index (κ1) is 11.5. The largest absolute Gasteiger partial charge is 0.352 e. The summed E-state index contributed by atoms with van der Waals surface area (Å²) in [5, 5.41) is 6.26. The van der Waals surface area contributed by atoms with Gasteiger partial charge in [-0.1, -0.05) is 20.8 Å². The van der Waals surface area contributed by atoms with Crippen molar-refractivity contribution < 1.29 is 4.79 Å². The quantitative estimate of drug-likeness (QED) is 0.702. The molecule has 14 heavy (non-hydrogen) atoms. The average Bonchev–Trinajstić information content (AvgIpc) is 2.53. The smallest absolute Gasteiger partial charge is 0.237 e. The Labute approximate surface area is 86.6 Å². The number of carbonyl (C=O) groups excluding carboxylic acids is 1. The van der Waals surface area contributed by atoms with Crippen LogP contribution in [0.2, 0.25) is 0 Å². The van der Waals surface area contributed by atoms with E-state index in [-0.39, 0.29) is 23.4 Å². The molecule has 3 heteroatoms. The Morgan fingerprint density at radius 3 is 2.57 bits per heavy atom. The van der Waals surface area contributed by atoms with Gasteiger partial charge in [0.15, 0.2) is 0 Å². The van der Waals surface area contributed by atoms with Gasteiger partial charge >= 0.3 is 0 Å². The number of nitrogens with one attached hydrogen (secondary N) is 2. The first-order valence-electron chi connectivity index (χ1n) is 5.45. The lowest BCUT2D eigenvalue weighted by atomic mass is 9.88. The Bertz CT molecular complexity index is 202. The maximum Gasteiger partial charge on any atom is 0.237 e. The highest BCUT2D eigenvalue weighted by Crippen LogP contribution is 2.18. The molecule has 1 aliphatic rings. The molecule has 2 atom stereocenters. The van der Waals surface area contributed by atoms with Gasteiger partial charge in [-0.05, 0) is 31.7 Å². The molecule has 1 rings (SSSR count). The Hall–Kier alpha value is -0.570. The fraction of sp³-hybridized carbons (Fsp3) is 0.909. The van der Waals surface area contributed by atoms with E-state index in [0.29, 0.717) is 0 Å². The Kier molecular flexibility index (Phi) is 3.53. The fourth-order valence-electron chi connectivity index (χ4n) is 1.44. The average molecular weight is 198 g/mol. The van der Waals surface area contributed by atoms with Gasteiger partial charge in [0, 0.05) is 6.04 Å². The fourth-order valence-corrected chi connectivity index (χ4v) is 1.44. The van der Waals surface area contributed by atoms with Crippen LogP contribution in [0.3, 0.4) is 0 Å². The van der Waals surface area contributed by atoms with Crippen molar-refractivity contribution in [1.82, 2.24) is 10.6 Å². The molecular weight excluding hydrogens is 176 g/mol. The summed E-state index contributed by atoms with van der Waals surface area (Å²) >= 11 is 0. The molecule has 3 nitrogen and oxygen atoms in total. The lowest BCUT2D eigenvalue weighted by molar-refractivity contribution is -0.124. The SMILES string of the molecule is CC(NC(=O)[C@H]1CCCN1)C(C)(C)C. The molecule has 1 fully saturated rings. The summed E-state index contributed by atoms with van der Waals surface area (Å²) in [6, 6.07) is 0.261. The van der Waals surface area contributed by atoms with Gasteiger partial charge in [-0.2, -0.15) is 0 Å². The van der Waals surface area contributed by atoms with Crippen LogP contribution in [0.25, 0.3) is 0 Å². The highest BCUT2D eigenvalue weighted by Gasteiger charge is 2.27. The second kappa shape index (κ2) is 4.30. The molecular formula is C11H22N2O. The number of hydrogen-bond donors (Lipinski definition) is 2. The van der Waals surface area contributed by atoms with Crippen molar-refractivity contribution >= 4 is 5.91 Å². The molecule has 0 saturated carbocycles. The number of rotatable bonds is 2. The maximum atomic E-state index is 11.7. The highest BCUT2D eigenvalue weighted by molar-refractivity contribution is 5.82. The van der Waals surface area contributed by atoms with Gasteiger partial charge in [0.2, 0.25) is 5.91 Å². The molecule has 82 valence electrons. The molecule has 1 unspecified atom stereocenters. The lowest BCUT2D eigenvalue weighted by Gasteiger charge is -2.29. The third-order valence-electron chi connectivity index (χ3n) is 3.03. The second-order valence-corrected chi connectivity index (χ2v) is 5.25. The third-order valence-corrected chi connectivity index (χ3v) is 3.03. The van der Waals surface area contributed by atoms with Crippen LogP contribution in [0.15, 0.2) is 0 Å². The van der Waals surface area contributed by atoms with Crippen molar-refractivity contribution in [2.45, 2.75) is 52.6 Å². The lowest BCUT2D eigenvalue weighted by Crippen LogP contribution is -2.48. The molecule has 0 aliphatic carbocycles. The summed E-state index contributed by atoms with van der Waals surface area (Å²) in [4.78, 5) is 11.7. The topological polar surface area (TPSA) is 41.1 Å². The summed E-state index contributed by atoms with van der Waals surface area (Å²) in [5.74, 6) is 0.157. The Morgan fingerprint density at radius 1 is 1.50 bits per heavy atom. The van der Waals surface area contributed by atoms with E-state index in [1.165, 1.54) is 0 Å². The van der Waals surface area contributed by atoms with Gasteiger partial charge in [0.1, 0.15) is 0 Å². The summed E-state index contributed by atoms with van der Waals surface area (Å²) in [6.07, 6.45) is 2.09. The number of hydrogen-bond acceptors (Lipinski definition) is 2. The van der Waals surface area contributed by atoms with Crippen molar-refractivity contribution in [1.29, 1.82) is 0 Å². The van der Waals surface area contributed by atoms with E-state index in [1.807, 2.05) is 0 Å². The van der Waals surface area contributed by atoms with Gasteiger partial charge in [-0.3, -0.25) is 4.79 Å². The summed E-state index contributed by atoms with van der Waals surface area (Å²) in [7, 11) is 0. The van der Waals surface area contributed by atoms with Crippen molar-refractivity contribution in [3.8, 4) is 0 Å². The van der Waals surface area contributed by atoms with Crippen LogP contribution >= 0.6 is 0 Å². The predicted molar refractivity (Wildman–Crippen MR) is 58.1 cm³/mol. The minimum Gasteiger partial charge on any atom is -0.352 e. The molecule has 0 aromatic rings. The van der Waals surface area contributed by atoms with E-state index in [9.17, 15) is 4.79 Å².